The van der Waals surface area contributed by atoms with Gasteiger partial charge in [-0.2, -0.15) is 0 Å². The van der Waals surface area contributed by atoms with Crippen molar-refractivity contribution in [3.05, 3.63) is 53.5 Å². The first kappa shape index (κ1) is 14.8. The molecule has 0 radical (unpaired) electrons. The van der Waals surface area contributed by atoms with Gasteiger partial charge < -0.3 is 14.5 Å². The second-order valence-corrected chi connectivity index (χ2v) is 4.52. The Morgan fingerprint density at radius 3 is 2.48 bits per heavy atom. The largest absolute Gasteiger partial charge is 0.469 e. The van der Waals surface area contributed by atoms with Crippen LogP contribution in [0, 0.1) is 6.92 Å². The van der Waals surface area contributed by atoms with Gasteiger partial charge in [0.15, 0.2) is 0 Å². The number of ether oxygens (including phenoxy) is 1. The molecule has 1 aromatic carbocycles. The Morgan fingerprint density at radius 1 is 1.19 bits per heavy atom. The van der Waals surface area contributed by atoms with Gasteiger partial charge in [-0.3, -0.25) is 9.59 Å². The van der Waals surface area contributed by atoms with E-state index in [0.717, 1.165) is 5.56 Å². The number of hydrogen-bond acceptors (Lipinski definition) is 4. The standard InChI is InChI=1S/C16H17NO4/c1-3-20-15(18)10-12-4-6-13(7-5-12)17-16(19)14-8-9-21-11(14)2/h4-9H,3,10H2,1-2H3,(H,17,19). The second-order valence-electron chi connectivity index (χ2n) is 4.52. The van der Waals surface area contributed by atoms with Crippen molar-refractivity contribution in [1.82, 2.24) is 0 Å². The lowest BCUT2D eigenvalue weighted by molar-refractivity contribution is -0.142. The smallest absolute Gasteiger partial charge is 0.310 e. The molecule has 0 aliphatic heterocycles. The van der Waals surface area contributed by atoms with Gasteiger partial charge in [0.05, 0.1) is 24.9 Å². The molecular formula is C16H17NO4. The molecule has 5 heteroatoms. The summed E-state index contributed by atoms with van der Waals surface area (Å²) in [6.45, 7) is 3.88. The van der Waals surface area contributed by atoms with Crippen LogP contribution in [0.4, 0.5) is 5.69 Å². The fraction of sp³-hybridized carbons (Fsp3) is 0.250. The lowest BCUT2D eigenvalue weighted by Gasteiger charge is -2.06. The van der Waals surface area contributed by atoms with E-state index in [-0.39, 0.29) is 18.3 Å². The number of anilines is 1. The molecule has 5 nitrogen and oxygen atoms in total. The molecule has 0 bridgehead atoms. The first-order valence-electron chi connectivity index (χ1n) is 6.70. The Hall–Kier alpha value is -2.56. The molecule has 110 valence electrons. The Balaban J connectivity index is 1.98. The minimum absolute atomic E-state index is 0.223. The number of hydrogen-bond donors (Lipinski definition) is 1. The molecule has 1 N–H and O–H groups in total. The Morgan fingerprint density at radius 2 is 1.90 bits per heavy atom. The Labute approximate surface area is 122 Å². The van der Waals surface area contributed by atoms with E-state index in [4.69, 9.17) is 9.15 Å². The molecule has 2 rings (SSSR count). The molecule has 0 saturated heterocycles. The van der Waals surface area contributed by atoms with Gasteiger partial charge in [-0.15, -0.1) is 0 Å². The molecule has 21 heavy (non-hydrogen) atoms. The van der Waals surface area contributed by atoms with Gasteiger partial charge in [0, 0.05) is 5.69 Å². The van der Waals surface area contributed by atoms with E-state index in [1.54, 1.807) is 44.2 Å². The highest BCUT2D eigenvalue weighted by atomic mass is 16.5. The van der Waals surface area contributed by atoms with Crippen LogP contribution in [0.25, 0.3) is 0 Å². The maximum absolute atomic E-state index is 12.0. The van der Waals surface area contributed by atoms with Crippen LogP contribution in [-0.4, -0.2) is 18.5 Å². The average Bonchev–Trinajstić information content (AvgIpc) is 2.87. The van der Waals surface area contributed by atoms with Crippen LogP contribution in [0.15, 0.2) is 41.0 Å². The van der Waals surface area contributed by atoms with E-state index in [0.29, 0.717) is 23.6 Å². The zero-order valence-electron chi connectivity index (χ0n) is 12.0. The summed E-state index contributed by atoms with van der Waals surface area (Å²) in [5.74, 6) is 0.0918. The van der Waals surface area contributed by atoms with Gasteiger partial charge in [-0.1, -0.05) is 12.1 Å². The summed E-state index contributed by atoms with van der Waals surface area (Å²) in [4.78, 5) is 23.4. The summed E-state index contributed by atoms with van der Waals surface area (Å²) in [6.07, 6.45) is 1.70. The van der Waals surface area contributed by atoms with Gasteiger partial charge in [0.25, 0.3) is 5.91 Å². The third-order valence-corrected chi connectivity index (χ3v) is 2.97. The van der Waals surface area contributed by atoms with Gasteiger partial charge in [0.2, 0.25) is 0 Å². The summed E-state index contributed by atoms with van der Waals surface area (Å²) in [7, 11) is 0. The minimum atomic E-state index is -0.261. The topological polar surface area (TPSA) is 68.5 Å². The minimum Gasteiger partial charge on any atom is -0.469 e. The summed E-state index contributed by atoms with van der Waals surface area (Å²) >= 11 is 0. The lowest BCUT2D eigenvalue weighted by atomic mass is 10.1. The highest BCUT2D eigenvalue weighted by Gasteiger charge is 2.11. The van der Waals surface area contributed by atoms with Crippen LogP contribution < -0.4 is 5.32 Å². The normalized spacial score (nSPS) is 10.2. The fourth-order valence-corrected chi connectivity index (χ4v) is 1.90. The van der Waals surface area contributed by atoms with Crippen LogP contribution in [0.5, 0.6) is 0 Å². The van der Waals surface area contributed by atoms with E-state index in [9.17, 15) is 9.59 Å². The first-order valence-corrected chi connectivity index (χ1v) is 6.70. The number of nitrogens with one attached hydrogen (secondary N) is 1. The third-order valence-electron chi connectivity index (χ3n) is 2.97. The lowest BCUT2D eigenvalue weighted by Crippen LogP contribution is -2.12. The summed E-state index contributed by atoms with van der Waals surface area (Å²) < 4.78 is 9.98. The molecule has 0 aliphatic rings. The molecule has 1 heterocycles. The Kier molecular flexibility index (Phi) is 4.77. The molecule has 0 atom stereocenters. The fourth-order valence-electron chi connectivity index (χ4n) is 1.90. The van der Waals surface area contributed by atoms with Crippen molar-refractivity contribution in [3.8, 4) is 0 Å². The Bertz CT molecular complexity index is 628. The number of amides is 1. The van der Waals surface area contributed by atoms with E-state index in [1.165, 1.54) is 6.26 Å². The van der Waals surface area contributed by atoms with Crippen molar-refractivity contribution in [2.24, 2.45) is 0 Å². The molecule has 1 amide bonds. The number of aryl methyl sites for hydroxylation is 1. The van der Waals surface area contributed by atoms with Crippen LogP contribution in [-0.2, 0) is 16.0 Å². The van der Waals surface area contributed by atoms with Crippen LogP contribution in [0.2, 0.25) is 0 Å². The predicted octanol–water partition coefficient (Wildman–Crippen LogP) is 2.95. The molecular weight excluding hydrogens is 270 g/mol. The quantitative estimate of drug-likeness (QED) is 0.858. The maximum atomic E-state index is 12.0. The third kappa shape index (κ3) is 3.95. The molecule has 0 spiro atoms. The molecule has 0 saturated carbocycles. The molecule has 2 aromatic rings. The van der Waals surface area contributed by atoms with Crippen molar-refractivity contribution in [2.75, 3.05) is 11.9 Å². The van der Waals surface area contributed by atoms with Gasteiger partial charge >= 0.3 is 5.97 Å². The van der Waals surface area contributed by atoms with Gasteiger partial charge in [-0.25, -0.2) is 0 Å². The van der Waals surface area contributed by atoms with Gasteiger partial charge in [0.1, 0.15) is 5.76 Å². The summed E-state index contributed by atoms with van der Waals surface area (Å²) in [5, 5.41) is 2.78. The number of esters is 1. The first-order chi connectivity index (χ1) is 10.1. The van der Waals surface area contributed by atoms with Crippen molar-refractivity contribution in [3.63, 3.8) is 0 Å². The SMILES string of the molecule is CCOC(=O)Cc1ccc(NC(=O)c2ccoc2C)cc1. The van der Waals surface area contributed by atoms with Crippen molar-refractivity contribution in [2.45, 2.75) is 20.3 Å². The van der Waals surface area contributed by atoms with Crippen molar-refractivity contribution >= 4 is 17.6 Å². The predicted molar refractivity (Wildman–Crippen MR) is 78.2 cm³/mol. The van der Waals surface area contributed by atoms with Crippen molar-refractivity contribution in [1.29, 1.82) is 0 Å². The number of rotatable bonds is 5. The van der Waals surface area contributed by atoms with E-state index in [2.05, 4.69) is 5.32 Å². The monoisotopic (exact) mass is 287 g/mol. The van der Waals surface area contributed by atoms with Crippen LogP contribution >= 0.6 is 0 Å². The van der Waals surface area contributed by atoms with Crippen LogP contribution in [0.1, 0.15) is 28.6 Å². The maximum Gasteiger partial charge on any atom is 0.310 e. The summed E-state index contributed by atoms with van der Waals surface area (Å²) in [5.41, 5.74) is 2.00. The zero-order valence-corrected chi connectivity index (χ0v) is 12.0. The van der Waals surface area contributed by atoms with Gasteiger partial charge in [-0.05, 0) is 37.6 Å². The number of benzene rings is 1. The zero-order chi connectivity index (χ0) is 15.2. The highest BCUT2D eigenvalue weighted by molar-refractivity contribution is 6.04. The molecule has 0 fully saturated rings. The average molecular weight is 287 g/mol. The number of carbonyl (C=O) groups is 2. The van der Waals surface area contributed by atoms with Crippen LogP contribution in [0.3, 0.4) is 0 Å². The molecule has 0 unspecified atom stereocenters. The summed E-state index contributed by atoms with van der Waals surface area (Å²) in [6, 6.07) is 8.70. The number of furan rings is 1. The molecule has 1 aromatic heterocycles. The number of carbonyl (C=O) groups excluding carboxylic acids is 2. The second kappa shape index (κ2) is 6.74. The van der Waals surface area contributed by atoms with Crippen molar-refractivity contribution < 1.29 is 18.7 Å². The van der Waals surface area contributed by atoms with E-state index in [1.807, 2.05) is 0 Å². The highest BCUT2D eigenvalue weighted by Crippen LogP contribution is 2.14. The van der Waals surface area contributed by atoms with E-state index >= 15 is 0 Å². The molecule has 0 aliphatic carbocycles. The van der Waals surface area contributed by atoms with E-state index < -0.39 is 0 Å².